The Morgan fingerprint density at radius 3 is 0.864 bits per heavy atom. The molecule has 0 unspecified atom stereocenters. The zero-order valence-corrected chi connectivity index (χ0v) is 14.1. The van der Waals surface area contributed by atoms with Gasteiger partial charge < -0.3 is 0 Å². The van der Waals surface area contributed by atoms with Gasteiger partial charge in [-0.2, -0.15) is 0 Å². The van der Waals surface area contributed by atoms with E-state index < -0.39 is 16.2 Å². The molecule has 22 heavy (non-hydrogen) atoms. The van der Waals surface area contributed by atoms with Crippen molar-refractivity contribution in [2.45, 2.75) is 0 Å². The summed E-state index contributed by atoms with van der Waals surface area (Å²) in [6.45, 7) is 0. The van der Waals surface area contributed by atoms with Crippen LogP contribution in [0.2, 0.25) is 0 Å². The van der Waals surface area contributed by atoms with Crippen molar-refractivity contribution >= 4 is 28.6 Å². The van der Waals surface area contributed by atoms with Crippen molar-refractivity contribution in [1.82, 2.24) is 0 Å². The van der Waals surface area contributed by atoms with Crippen LogP contribution in [0, 0.1) is 17.5 Å². The SMILES string of the molecule is Fc1cc[c]([Ga]([c]2ccc(F)cc2)[c]2ccc(F)cc2)cc1. The van der Waals surface area contributed by atoms with Gasteiger partial charge in [-0.1, -0.05) is 0 Å². The molecule has 0 heterocycles. The van der Waals surface area contributed by atoms with Gasteiger partial charge in [-0.3, -0.25) is 0 Å². The Balaban J connectivity index is 2.10. The van der Waals surface area contributed by atoms with Crippen molar-refractivity contribution in [3.8, 4) is 0 Å². The van der Waals surface area contributed by atoms with Crippen LogP contribution in [0.5, 0.6) is 0 Å². The van der Waals surface area contributed by atoms with Crippen molar-refractivity contribution < 1.29 is 13.2 Å². The van der Waals surface area contributed by atoms with Crippen molar-refractivity contribution in [3.63, 3.8) is 0 Å². The van der Waals surface area contributed by atoms with E-state index in [-0.39, 0.29) is 17.5 Å². The molecule has 0 bridgehead atoms. The molecule has 4 heteroatoms. The van der Waals surface area contributed by atoms with E-state index in [1.54, 1.807) is 36.4 Å². The second kappa shape index (κ2) is 6.46. The fraction of sp³-hybridized carbons (Fsp3) is 0. The standard InChI is InChI=1S/3C6H4F.Ga/c3*7-6-4-2-1-3-5-6;/h3*2-5H;. The molecule has 0 amide bonds. The van der Waals surface area contributed by atoms with E-state index in [0.29, 0.717) is 0 Å². The van der Waals surface area contributed by atoms with Gasteiger partial charge in [0.1, 0.15) is 0 Å². The number of hydrogen-bond acceptors (Lipinski definition) is 0. The van der Waals surface area contributed by atoms with Crippen molar-refractivity contribution in [2.75, 3.05) is 0 Å². The molecule has 0 spiro atoms. The van der Waals surface area contributed by atoms with Crippen LogP contribution in [-0.2, 0) is 0 Å². The molecule has 0 aliphatic rings. The van der Waals surface area contributed by atoms with Gasteiger partial charge in [-0.05, 0) is 0 Å². The summed E-state index contributed by atoms with van der Waals surface area (Å²) in [7, 11) is 0. The van der Waals surface area contributed by atoms with Gasteiger partial charge in [0.15, 0.2) is 0 Å². The Hall–Kier alpha value is -1.91. The third-order valence-corrected chi connectivity index (χ3v) is 10.2. The number of hydrogen-bond donors (Lipinski definition) is 0. The predicted octanol–water partition coefficient (Wildman–Crippen LogP) is 2.62. The minimum atomic E-state index is -2.45. The Bertz CT molecular complexity index is 642. The first-order valence-corrected chi connectivity index (χ1v) is 10.5. The van der Waals surface area contributed by atoms with Crippen LogP contribution in [0.25, 0.3) is 0 Å². The molecule has 0 saturated heterocycles. The van der Waals surface area contributed by atoms with Crippen molar-refractivity contribution in [2.24, 2.45) is 0 Å². The van der Waals surface area contributed by atoms with E-state index in [2.05, 4.69) is 0 Å². The molecule has 0 fully saturated rings. The maximum absolute atomic E-state index is 13.2. The Morgan fingerprint density at radius 1 is 0.409 bits per heavy atom. The topological polar surface area (TPSA) is 0 Å². The van der Waals surface area contributed by atoms with Crippen LogP contribution in [0.3, 0.4) is 0 Å². The summed E-state index contributed by atoms with van der Waals surface area (Å²) in [5, 5.41) is 0. The van der Waals surface area contributed by atoms with Crippen LogP contribution < -0.4 is 12.4 Å². The Labute approximate surface area is 132 Å². The molecule has 0 N–H and O–H groups in total. The Kier molecular flexibility index (Phi) is 4.41. The quantitative estimate of drug-likeness (QED) is 0.634. The van der Waals surface area contributed by atoms with E-state index in [1.165, 1.54) is 36.4 Å². The second-order valence-electron chi connectivity index (χ2n) is 5.09. The molecule has 3 rings (SSSR count). The van der Waals surface area contributed by atoms with Gasteiger partial charge >= 0.3 is 132 Å². The summed E-state index contributed by atoms with van der Waals surface area (Å²) < 4.78 is 42.7. The summed E-state index contributed by atoms with van der Waals surface area (Å²) in [6.07, 6.45) is 0. The average molecular weight is 355 g/mol. The summed E-state index contributed by atoms with van der Waals surface area (Å²) in [6, 6.07) is 19.2. The number of rotatable bonds is 3. The summed E-state index contributed by atoms with van der Waals surface area (Å²) >= 11 is -2.45. The third-order valence-electron chi connectivity index (χ3n) is 3.61. The zero-order chi connectivity index (χ0) is 15.5. The van der Waals surface area contributed by atoms with Gasteiger partial charge in [-0.15, -0.1) is 0 Å². The van der Waals surface area contributed by atoms with Crippen molar-refractivity contribution in [1.29, 1.82) is 0 Å². The predicted molar refractivity (Wildman–Crippen MR) is 83.9 cm³/mol. The van der Waals surface area contributed by atoms with Crippen LogP contribution in [0.1, 0.15) is 0 Å². The molecule has 0 saturated carbocycles. The molecule has 0 aromatic heterocycles. The third kappa shape index (κ3) is 3.29. The van der Waals surface area contributed by atoms with Gasteiger partial charge in [-0.25, -0.2) is 0 Å². The molecular formula is C18H12F3Ga. The summed E-state index contributed by atoms with van der Waals surface area (Å²) in [5.41, 5.74) is 0. The molecule has 0 aliphatic carbocycles. The van der Waals surface area contributed by atoms with E-state index in [1.807, 2.05) is 0 Å². The molecular weight excluding hydrogens is 343 g/mol. The normalized spacial score (nSPS) is 10.5. The van der Waals surface area contributed by atoms with Crippen LogP contribution in [0.15, 0.2) is 72.8 Å². The van der Waals surface area contributed by atoms with E-state index in [0.717, 1.165) is 12.4 Å². The number of halogens is 3. The monoisotopic (exact) mass is 354 g/mol. The van der Waals surface area contributed by atoms with E-state index in [9.17, 15) is 13.2 Å². The first-order chi connectivity index (χ1) is 10.6. The molecule has 0 aliphatic heterocycles. The van der Waals surface area contributed by atoms with Crippen LogP contribution >= 0.6 is 0 Å². The molecule has 3 aromatic carbocycles. The van der Waals surface area contributed by atoms with Gasteiger partial charge in [0.25, 0.3) is 0 Å². The fourth-order valence-corrected chi connectivity index (χ4v) is 8.60. The molecule has 0 atom stereocenters. The molecule has 3 aromatic rings. The molecule has 0 radical (unpaired) electrons. The van der Waals surface area contributed by atoms with Crippen LogP contribution in [0.4, 0.5) is 13.2 Å². The van der Waals surface area contributed by atoms with Gasteiger partial charge in [0, 0.05) is 0 Å². The average Bonchev–Trinajstić information content (AvgIpc) is 2.53. The first kappa shape index (κ1) is 15.0. The van der Waals surface area contributed by atoms with Gasteiger partial charge in [0.05, 0.1) is 0 Å². The van der Waals surface area contributed by atoms with E-state index >= 15 is 0 Å². The summed E-state index contributed by atoms with van der Waals surface area (Å²) in [5.74, 6) is -0.866. The zero-order valence-electron chi connectivity index (χ0n) is 11.6. The second-order valence-corrected chi connectivity index (χ2v) is 11.1. The fourth-order valence-electron chi connectivity index (χ4n) is 2.54. The molecule has 108 valence electrons. The first-order valence-electron chi connectivity index (χ1n) is 6.90. The van der Waals surface area contributed by atoms with E-state index in [4.69, 9.17) is 0 Å². The molecule has 0 nitrogen and oxygen atoms in total. The minimum absolute atomic E-state index is 0.289. The van der Waals surface area contributed by atoms with Crippen molar-refractivity contribution in [3.05, 3.63) is 90.2 Å². The van der Waals surface area contributed by atoms with Gasteiger partial charge in [0.2, 0.25) is 0 Å². The summed E-state index contributed by atoms with van der Waals surface area (Å²) in [4.78, 5) is 0. The Morgan fingerprint density at radius 2 is 0.636 bits per heavy atom. The number of benzene rings is 3. The maximum atomic E-state index is 13.2. The van der Waals surface area contributed by atoms with Crippen LogP contribution in [-0.4, -0.2) is 16.2 Å².